The summed E-state index contributed by atoms with van der Waals surface area (Å²) in [6.45, 7) is 4.14. The third-order valence-electron chi connectivity index (χ3n) is 2.83. The average molecular weight is 287 g/mol. The van der Waals surface area contributed by atoms with Crippen LogP contribution in [0, 0.1) is 6.92 Å². The Morgan fingerprint density at radius 2 is 2.16 bits per heavy atom. The van der Waals surface area contributed by atoms with Gasteiger partial charge < -0.3 is 16.2 Å². The second-order valence-corrected chi connectivity index (χ2v) is 4.57. The molecule has 2 unspecified atom stereocenters. The van der Waals surface area contributed by atoms with Crippen molar-refractivity contribution >= 4 is 18.3 Å². The van der Waals surface area contributed by atoms with Gasteiger partial charge in [0.25, 0.3) is 0 Å². The van der Waals surface area contributed by atoms with Crippen molar-refractivity contribution in [2.24, 2.45) is 5.73 Å². The molecule has 1 rings (SSSR count). The number of nitrogens with two attached hydrogens (primary N) is 1. The fraction of sp³-hybridized carbons (Fsp3) is 0.500. The van der Waals surface area contributed by atoms with E-state index in [1.807, 2.05) is 38.1 Å². The molecule has 1 aromatic carbocycles. The van der Waals surface area contributed by atoms with Crippen molar-refractivity contribution in [1.82, 2.24) is 5.32 Å². The number of amides is 1. The number of carbonyl (C=O) groups is 1. The Morgan fingerprint density at radius 1 is 1.47 bits per heavy atom. The molecule has 0 aliphatic carbocycles. The number of rotatable bonds is 6. The minimum absolute atomic E-state index is 0. The van der Waals surface area contributed by atoms with Gasteiger partial charge >= 0.3 is 0 Å². The molecule has 0 spiro atoms. The average Bonchev–Trinajstić information content (AvgIpc) is 2.35. The third-order valence-corrected chi connectivity index (χ3v) is 2.83. The standard InChI is InChI=1S/C14H22N2O2.ClH/c1-3-5-12(15)14(18)16-9-13(17)11-7-4-6-10(2)8-11;/h4,6-8,12-13,17H,3,5,9,15H2,1-2H3,(H,16,18);1H. The van der Waals surface area contributed by atoms with E-state index in [1.165, 1.54) is 0 Å². The summed E-state index contributed by atoms with van der Waals surface area (Å²) in [5.74, 6) is -0.205. The minimum Gasteiger partial charge on any atom is -0.387 e. The molecule has 1 aromatic rings. The van der Waals surface area contributed by atoms with Crippen LogP contribution < -0.4 is 11.1 Å². The Bertz CT molecular complexity index is 399. The number of benzene rings is 1. The molecule has 0 aromatic heterocycles. The van der Waals surface area contributed by atoms with Crippen LogP contribution in [0.1, 0.15) is 37.0 Å². The third kappa shape index (κ3) is 6.05. The van der Waals surface area contributed by atoms with Crippen LogP contribution in [0.25, 0.3) is 0 Å². The summed E-state index contributed by atoms with van der Waals surface area (Å²) in [6.07, 6.45) is 0.837. The fourth-order valence-corrected chi connectivity index (χ4v) is 1.77. The minimum atomic E-state index is -0.692. The van der Waals surface area contributed by atoms with Crippen LogP contribution >= 0.6 is 12.4 Å². The Kier molecular flexibility index (Phi) is 8.39. The molecule has 0 aliphatic heterocycles. The molecule has 0 saturated carbocycles. The molecule has 4 N–H and O–H groups in total. The van der Waals surface area contributed by atoms with E-state index < -0.39 is 12.1 Å². The Balaban J connectivity index is 0.00000324. The van der Waals surface area contributed by atoms with Crippen LogP contribution in [0.4, 0.5) is 0 Å². The first-order valence-corrected chi connectivity index (χ1v) is 6.32. The van der Waals surface area contributed by atoms with Crippen molar-refractivity contribution in [3.05, 3.63) is 35.4 Å². The van der Waals surface area contributed by atoms with E-state index in [9.17, 15) is 9.90 Å². The zero-order valence-electron chi connectivity index (χ0n) is 11.4. The molecule has 0 aliphatic rings. The molecule has 1 amide bonds. The fourth-order valence-electron chi connectivity index (χ4n) is 1.77. The number of hydrogen-bond donors (Lipinski definition) is 3. The van der Waals surface area contributed by atoms with Gasteiger partial charge in [-0.2, -0.15) is 0 Å². The van der Waals surface area contributed by atoms with Gasteiger partial charge in [0.2, 0.25) is 5.91 Å². The summed E-state index contributed by atoms with van der Waals surface area (Å²) in [6, 6.07) is 7.11. The van der Waals surface area contributed by atoms with Crippen molar-refractivity contribution in [1.29, 1.82) is 0 Å². The highest BCUT2D eigenvalue weighted by Crippen LogP contribution is 2.13. The smallest absolute Gasteiger partial charge is 0.237 e. The quantitative estimate of drug-likeness (QED) is 0.745. The van der Waals surface area contributed by atoms with E-state index >= 15 is 0 Å². The molecular formula is C14H23ClN2O2. The number of aliphatic hydroxyl groups excluding tert-OH is 1. The number of halogens is 1. The maximum Gasteiger partial charge on any atom is 0.237 e. The van der Waals surface area contributed by atoms with Gasteiger partial charge in [-0.15, -0.1) is 12.4 Å². The summed E-state index contributed by atoms with van der Waals surface area (Å²) in [5, 5.41) is 12.6. The van der Waals surface area contributed by atoms with Gasteiger partial charge in [0.1, 0.15) is 0 Å². The van der Waals surface area contributed by atoms with Crippen LogP contribution in [0.5, 0.6) is 0 Å². The molecule has 0 saturated heterocycles. The van der Waals surface area contributed by atoms with Gasteiger partial charge in [-0.05, 0) is 18.9 Å². The highest BCUT2D eigenvalue weighted by molar-refractivity contribution is 5.85. The summed E-state index contributed by atoms with van der Waals surface area (Å²) < 4.78 is 0. The van der Waals surface area contributed by atoms with Crippen molar-refractivity contribution in [3.63, 3.8) is 0 Å². The van der Waals surface area contributed by atoms with E-state index in [0.717, 1.165) is 17.5 Å². The molecule has 0 radical (unpaired) electrons. The molecule has 4 nitrogen and oxygen atoms in total. The molecule has 5 heteroatoms. The van der Waals surface area contributed by atoms with Gasteiger partial charge in [-0.1, -0.05) is 43.2 Å². The van der Waals surface area contributed by atoms with Crippen molar-refractivity contribution in [2.75, 3.05) is 6.54 Å². The lowest BCUT2D eigenvalue weighted by Gasteiger charge is -2.15. The van der Waals surface area contributed by atoms with Gasteiger partial charge in [-0.3, -0.25) is 4.79 Å². The zero-order chi connectivity index (χ0) is 13.5. The molecule has 0 heterocycles. The van der Waals surface area contributed by atoms with Gasteiger partial charge in [0, 0.05) is 6.54 Å². The Hall–Kier alpha value is -1.10. The van der Waals surface area contributed by atoms with E-state index in [-0.39, 0.29) is 24.9 Å². The van der Waals surface area contributed by atoms with E-state index in [2.05, 4.69) is 5.32 Å². The highest BCUT2D eigenvalue weighted by atomic mass is 35.5. The zero-order valence-corrected chi connectivity index (χ0v) is 12.2. The largest absolute Gasteiger partial charge is 0.387 e. The van der Waals surface area contributed by atoms with Gasteiger partial charge in [0.05, 0.1) is 12.1 Å². The van der Waals surface area contributed by atoms with Crippen LogP contribution in [0.15, 0.2) is 24.3 Å². The second-order valence-electron chi connectivity index (χ2n) is 4.57. The summed E-state index contributed by atoms with van der Waals surface area (Å²) >= 11 is 0. The number of aliphatic hydroxyl groups is 1. The van der Waals surface area contributed by atoms with Crippen LogP contribution in [-0.4, -0.2) is 23.6 Å². The van der Waals surface area contributed by atoms with Crippen molar-refractivity contribution in [2.45, 2.75) is 38.8 Å². The van der Waals surface area contributed by atoms with Crippen LogP contribution in [0.2, 0.25) is 0 Å². The number of aryl methyl sites for hydroxylation is 1. The number of nitrogens with one attached hydrogen (secondary N) is 1. The topological polar surface area (TPSA) is 75.4 Å². The number of carbonyl (C=O) groups excluding carboxylic acids is 1. The normalized spacial score (nSPS) is 13.3. The maximum absolute atomic E-state index is 11.6. The SMILES string of the molecule is CCCC(N)C(=O)NCC(O)c1cccc(C)c1.Cl. The number of hydrogen-bond acceptors (Lipinski definition) is 3. The summed E-state index contributed by atoms with van der Waals surface area (Å²) in [4.78, 5) is 11.6. The Labute approximate surface area is 120 Å². The first-order valence-electron chi connectivity index (χ1n) is 6.32. The van der Waals surface area contributed by atoms with Gasteiger partial charge in [0.15, 0.2) is 0 Å². The predicted octanol–water partition coefficient (Wildman–Crippen LogP) is 1.69. The van der Waals surface area contributed by atoms with E-state index in [1.54, 1.807) is 0 Å². The summed E-state index contributed by atoms with van der Waals surface area (Å²) in [7, 11) is 0. The molecule has 2 atom stereocenters. The molecule has 0 bridgehead atoms. The predicted molar refractivity (Wildman–Crippen MR) is 79.3 cm³/mol. The lowest BCUT2D eigenvalue weighted by atomic mass is 10.1. The first kappa shape index (κ1) is 17.9. The lowest BCUT2D eigenvalue weighted by molar-refractivity contribution is -0.123. The summed E-state index contributed by atoms with van der Waals surface area (Å²) in [5.41, 5.74) is 7.57. The van der Waals surface area contributed by atoms with E-state index in [4.69, 9.17) is 5.73 Å². The molecule has 0 fully saturated rings. The second kappa shape index (κ2) is 8.91. The first-order chi connectivity index (χ1) is 8.54. The lowest BCUT2D eigenvalue weighted by Crippen LogP contribution is -2.42. The van der Waals surface area contributed by atoms with Crippen molar-refractivity contribution in [3.8, 4) is 0 Å². The van der Waals surface area contributed by atoms with E-state index in [0.29, 0.717) is 6.42 Å². The maximum atomic E-state index is 11.6. The Morgan fingerprint density at radius 3 is 2.74 bits per heavy atom. The molecular weight excluding hydrogens is 264 g/mol. The van der Waals surface area contributed by atoms with Crippen LogP contribution in [-0.2, 0) is 4.79 Å². The van der Waals surface area contributed by atoms with Crippen LogP contribution in [0.3, 0.4) is 0 Å². The molecule has 108 valence electrons. The van der Waals surface area contributed by atoms with Gasteiger partial charge in [-0.25, -0.2) is 0 Å². The molecule has 19 heavy (non-hydrogen) atoms. The van der Waals surface area contributed by atoms with Crippen molar-refractivity contribution < 1.29 is 9.90 Å². The highest BCUT2D eigenvalue weighted by Gasteiger charge is 2.14. The monoisotopic (exact) mass is 286 g/mol.